The number of rotatable bonds is 11. The Bertz CT molecular complexity index is 1380. The van der Waals surface area contributed by atoms with Crippen LogP contribution >= 0.6 is 0 Å². The van der Waals surface area contributed by atoms with Crippen molar-refractivity contribution < 1.29 is 23.9 Å². The Morgan fingerprint density at radius 3 is 2.31 bits per heavy atom. The molecule has 42 heavy (non-hydrogen) atoms. The van der Waals surface area contributed by atoms with E-state index >= 15 is 0 Å². The maximum absolute atomic E-state index is 13.5. The van der Waals surface area contributed by atoms with Crippen LogP contribution in [0, 0.1) is 5.92 Å². The van der Waals surface area contributed by atoms with Gasteiger partial charge < -0.3 is 26.3 Å². The summed E-state index contributed by atoms with van der Waals surface area (Å²) in [6.07, 6.45) is 1.35. The molecular weight excluding hydrogens is 536 g/mol. The number of esters is 1. The molecule has 3 aromatic carbocycles. The molecule has 0 saturated carbocycles. The predicted octanol–water partition coefficient (Wildman–Crippen LogP) is 3.03. The van der Waals surface area contributed by atoms with Gasteiger partial charge in [-0.05, 0) is 73.9 Å². The van der Waals surface area contributed by atoms with Crippen molar-refractivity contribution in [3.63, 3.8) is 0 Å². The van der Waals surface area contributed by atoms with Crippen LogP contribution in [0.3, 0.4) is 0 Å². The number of carbonyl (C=O) groups is 3. The molecule has 1 unspecified atom stereocenters. The third-order valence-electron chi connectivity index (χ3n) is 6.71. The van der Waals surface area contributed by atoms with Gasteiger partial charge in [-0.25, -0.2) is 10.0 Å². The number of piperidine rings is 1. The lowest BCUT2D eigenvalue weighted by Gasteiger charge is -2.32. The van der Waals surface area contributed by atoms with Crippen LogP contribution in [0.4, 0.5) is 5.69 Å². The van der Waals surface area contributed by atoms with Gasteiger partial charge in [0.15, 0.2) is 5.96 Å². The number of aliphatic imine (C=N–C) groups is 1. The monoisotopic (exact) mass is 572 g/mol. The lowest BCUT2D eigenvalue weighted by Crippen LogP contribution is -2.55. The second-order valence-corrected chi connectivity index (χ2v) is 9.87. The average Bonchev–Trinajstić information content (AvgIpc) is 2.98. The minimum Gasteiger partial charge on any atom is -0.466 e. The molecule has 0 radical (unpaired) electrons. The van der Waals surface area contributed by atoms with Crippen LogP contribution in [-0.2, 0) is 20.7 Å². The topological polar surface area (TPSA) is 161 Å². The van der Waals surface area contributed by atoms with Crippen LogP contribution in [-0.4, -0.2) is 54.5 Å². The van der Waals surface area contributed by atoms with Crippen LogP contribution in [0.25, 0.3) is 0 Å². The van der Waals surface area contributed by atoms with Gasteiger partial charge in [0.1, 0.15) is 17.5 Å². The summed E-state index contributed by atoms with van der Waals surface area (Å²) in [6, 6.07) is 22.3. The van der Waals surface area contributed by atoms with Crippen molar-refractivity contribution in [1.82, 2.24) is 15.8 Å². The molecule has 1 fully saturated rings. The highest BCUT2D eigenvalue weighted by Crippen LogP contribution is 2.23. The molecule has 6 N–H and O–H groups in total. The van der Waals surface area contributed by atoms with Gasteiger partial charge in [0.2, 0.25) is 0 Å². The summed E-state index contributed by atoms with van der Waals surface area (Å²) < 4.78 is 11.1. The molecule has 1 aliphatic heterocycles. The van der Waals surface area contributed by atoms with Gasteiger partial charge >= 0.3 is 5.97 Å². The fraction of sp³-hybridized carbons (Fsp3) is 0.290. The van der Waals surface area contributed by atoms with E-state index in [4.69, 9.17) is 20.9 Å². The van der Waals surface area contributed by atoms with E-state index in [1.54, 1.807) is 36.2 Å². The molecule has 0 aromatic heterocycles. The molecule has 220 valence electrons. The van der Waals surface area contributed by atoms with Crippen LogP contribution in [0.2, 0.25) is 0 Å². The Labute approximate surface area is 244 Å². The first-order chi connectivity index (χ1) is 20.3. The van der Waals surface area contributed by atoms with Crippen molar-refractivity contribution in [2.45, 2.75) is 32.2 Å². The van der Waals surface area contributed by atoms with Crippen LogP contribution in [0.1, 0.15) is 35.7 Å². The van der Waals surface area contributed by atoms with Gasteiger partial charge in [0.05, 0.1) is 18.2 Å². The van der Waals surface area contributed by atoms with E-state index < -0.39 is 11.9 Å². The zero-order valence-electron chi connectivity index (χ0n) is 23.5. The molecule has 3 aromatic rings. The van der Waals surface area contributed by atoms with E-state index in [0.29, 0.717) is 55.3 Å². The van der Waals surface area contributed by atoms with Crippen LogP contribution in [0.5, 0.6) is 11.5 Å². The summed E-state index contributed by atoms with van der Waals surface area (Å²) in [6.45, 7) is 3.10. The van der Waals surface area contributed by atoms with Gasteiger partial charge in [0.25, 0.3) is 11.8 Å². The Kier molecular flexibility index (Phi) is 10.5. The number of amides is 2. The Hall–Kier alpha value is -4.90. The highest BCUT2D eigenvalue weighted by atomic mass is 16.5. The number of nitrogens with two attached hydrogens (primary N) is 2. The number of hydrazine groups is 1. The van der Waals surface area contributed by atoms with Gasteiger partial charge in [-0.3, -0.25) is 19.8 Å². The molecule has 0 bridgehead atoms. The summed E-state index contributed by atoms with van der Waals surface area (Å²) in [4.78, 5) is 42.8. The van der Waals surface area contributed by atoms with E-state index in [2.05, 4.69) is 15.7 Å². The first-order valence-electron chi connectivity index (χ1n) is 13.8. The molecular formula is C31H36N6O5. The molecule has 1 aliphatic rings. The van der Waals surface area contributed by atoms with Crippen molar-refractivity contribution in [3.8, 4) is 11.5 Å². The maximum atomic E-state index is 13.5. The van der Waals surface area contributed by atoms with Crippen LogP contribution < -0.4 is 26.9 Å². The molecule has 1 saturated heterocycles. The quantitative estimate of drug-likeness (QED) is 0.155. The molecule has 4 rings (SSSR count). The smallest absolute Gasteiger partial charge is 0.309 e. The van der Waals surface area contributed by atoms with E-state index in [9.17, 15) is 14.4 Å². The van der Waals surface area contributed by atoms with Crippen molar-refractivity contribution >= 4 is 29.4 Å². The van der Waals surface area contributed by atoms with E-state index in [1.807, 2.05) is 54.6 Å². The minimum absolute atomic E-state index is 0.0892. The molecule has 1 atom stereocenters. The SMILES string of the molecule is CCOC(=O)C1CCN(NC(=O)C(Cc2cccc(Oc3ccccc3)c2)NC(=O)c2ccc(N=C(N)N)cc2)CC1. The van der Waals surface area contributed by atoms with Gasteiger partial charge in [-0.15, -0.1) is 0 Å². The number of nitrogens with one attached hydrogen (secondary N) is 2. The van der Waals surface area contributed by atoms with Gasteiger partial charge in [-0.2, -0.15) is 0 Å². The third-order valence-corrected chi connectivity index (χ3v) is 6.71. The lowest BCUT2D eigenvalue weighted by molar-refractivity contribution is -0.150. The van der Waals surface area contributed by atoms with Crippen molar-refractivity contribution in [1.29, 1.82) is 0 Å². The van der Waals surface area contributed by atoms with Crippen molar-refractivity contribution in [2.75, 3.05) is 19.7 Å². The summed E-state index contributed by atoms with van der Waals surface area (Å²) in [5.74, 6) is 0.00962. The normalized spacial score (nSPS) is 14.3. The largest absolute Gasteiger partial charge is 0.466 e. The lowest BCUT2D eigenvalue weighted by atomic mass is 9.98. The molecule has 11 heteroatoms. The second-order valence-electron chi connectivity index (χ2n) is 9.87. The fourth-order valence-electron chi connectivity index (χ4n) is 4.60. The highest BCUT2D eigenvalue weighted by molar-refractivity contribution is 5.98. The van der Waals surface area contributed by atoms with Gasteiger partial charge in [0, 0.05) is 25.1 Å². The third kappa shape index (κ3) is 8.80. The number of guanidine groups is 1. The van der Waals surface area contributed by atoms with E-state index in [0.717, 1.165) is 5.56 Å². The number of para-hydroxylation sites is 1. The van der Waals surface area contributed by atoms with Crippen molar-refractivity contribution in [3.05, 3.63) is 90.0 Å². The number of benzene rings is 3. The Morgan fingerprint density at radius 2 is 1.64 bits per heavy atom. The predicted molar refractivity (Wildman–Crippen MR) is 159 cm³/mol. The summed E-state index contributed by atoms with van der Waals surface area (Å²) in [5.41, 5.74) is 15.4. The Balaban J connectivity index is 1.47. The first kappa shape index (κ1) is 30.1. The highest BCUT2D eigenvalue weighted by Gasteiger charge is 2.29. The van der Waals surface area contributed by atoms with E-state index in [1.165, 1.54) is 0 Å². The van der Waals surface area contributed by atoms with Crippen molar-refractivity contribution in [2.24, 2.45) is 22.4 Å². The number of carbonyl (C=O) groups excluding carboxylic acids is 3. The van der Waals surface area contributed by atoms with E-state index in [-0.39, 0.29) is 30.2 Å². The molecule has 2 amide bonds. The summed E-state index contributed by atoms with van der Waals surface area (Å²) in [7, 11) is 0. The number of nitrogens with zero attached hydrogens (tertiary/aromatic N) is 2. The minimum atomic E-state index is -0.898. The molecule has 0 spiro atoms. The molecule has 1 heterocycles. The summed E-state index contributed by atoms with van der Waals surface area (Å²) >= 11 is 0. The maximum Gasteiger partial charge on any atom is 0.309 e. The number of hydrogen-bond acceptors (Lipinski definition) is 7. The number of ether oxygens (including phenoxy) is 2. The standard InChI is InChI=1S/C31H36N6O5/c1-2-41-30(40)23-15-17-37(18-16-23)36-29(39)27(35-28(38)22-11-13-24(14-12-22)34-31(32)33)20-21-7-6-10-26(19-21)42-25-8-4-3-5-9-25/h3-14,19,23,27H,2,15-18,20H2,1H3,(H,35,38)(H,36,39)(H4,32,33,34). The van der Waals surface area contributed by atoms with Gasteiger partial charge in [-0.1, -0.05) is 30.3 Å². The van der Waals surface area contributed by atoms with Crippen LogP contribution in [0.15, 0.2) is 83.9 Å². The first-order valence-corrected chi connectivity index (χ1v) is 13.8. The number of hydrogen-bond donors (Lipinski definition) is 4. The molecule has 11 nitrogen and oxygen atoms in total. The zero-order valence-corrected chi connectivity index (χ0v) is 23.5. The summed E-state index contributed by atoms with van der Waals surface area (Å²) in [5, 5.41) is 4.64. The fourth-order valence-corrected chi connectivity index (χ4v) is 4.60. The molecule has 0 aliphatic carbocycles. The second kappa shape index (κ2) is 14.6. The zero-order chi connectivity index (χ0) is 29.9. The average molecular weight is 573 g/mol. The Morgan fingerprint density at radius 1 is 0.952 bits per heavy atom.